The van der Waals surface area contributed by atoms with E-state index < -0.39 is 25.6 Å². The molecule has 2 unspecified atom stereocenters. The highest BCUT2D eigenvalue weighted by Gasteiger charge is 2.51. The molecule has 1 fully saturated rings. The Kier molecular flexibility index (Phi) is 8.61. The van der Waals surface area contributed by atoms with Crippen molar-refractivity contribution in [1.29, 1.82) is 0 Å². The number of nitrogens with one attached hydrogen (secondary N) is 2. The average molecular weight is 569 g/mol. The summed E-state index contributed by atoms with van der Waals surface area (Å²) in [5.41, 5.74) is 0.410. The van der Waals surface area contributed by atoms with Gasteiger partial charge < -0.3 is 20.1 Å². The van der Waals surface area contributed by atoms with Gasteiger partial charge >= 0.3 is 6.09 Å². The van der Waals surface area contributed by atoms with E-state index in [0.29, 0.717) is 5.56 Å². The van der Waals surface area contributed by atoms with Crippen LogP contribution in [-0.4, -0.2) is 59.9 Å². The number of hydrogen-bond donors (Lipinski definition) is 3. The summed E-state index contributed by atoms with van der Waals surface area (Å²) in [6, 6.07) is 18.3. The summed E-state index contributed by atoms with van der Waals surface area (Å²) in [5.74, 6) is -0.753. The lowest BCUT2D eigenvalue weighted by atomic mass is 9.86. The monoisotopic (exact) mass is 568 g/mol. The Hall–Kier alpha value is -3.12. The van der Waals surface area contributed by atoms with E-state index in [4.69, 9.17) is 21.9 Å². The normalized spacial score (nSPS) is 19.2. The third-order valence-corrected chi connectivity index (χ3v) is 11.2. The molecule has 0 radical (unpaired) electrons. The molecule has 1 aliphatic rings. The molecule has 1 aromatic heterocycles. The molecule has 8 nitrogen and oxygen atoms in total. The molecule has 0 saturated carbocycles. The highest BCUT2D eigenvalue weighted by molar-refractivity contribution is 7.80. The highest BCUT2D eigenvalue weighted by atomic mass is 32.1. The van der Waals surface area contributed by atoms with Crippen molar-refractivity contribution in [1.82, 2.24) is 20.5 Å². The van der Waals surface area contributed by atoms with Crippen molar-refractivity contribution in [2.75, 3.05) is 19.7 Å². The van der Waals surface area contributed by atoms with E-state index in [9.17, 15) is 14.7 Å². The minimum Gasteiger partial charge on any atom is -0.445 e. The van der Waals surface area contributed by atoms with Crippen molar-refractivity contribution < 1.29 is 19.4 Å². The zero-order chi connectivity index (χ0) is 27.3. The number of aliphatic hydroxyl groups is 1. The third kappa shape index (κ3) is 6.29. The number of carbonyl (C=O) groups is 2. The second-order valence-corrected chi connectivity index (χ2v) is 17.1. The van der Waals surface area contributed by atoms with Crippen LogP contribution in [0.3, 0.4) is 0 Å². The molecule has 3 aromatic rings. The number of thiazole rings is 1. The summed E-state index contributed by atoms with van der Waals surface area (Å²) in [7, 11) is -1.72. The first kappa shape index (κ1) is 27.9. The van der Waals surface area contributed by atoms with Gasteiger partial charge in [-0.25, -0.2) is 4.79 Å². The quantitative estimate of drug-likeness (QED) is 0.296. The number of nitrogens with zero attached hydrogens (tertiary/aromatic N) is 2. The zero-order valence-corrected chi connectivity index (χ0v) is 24.3. The molecule has 3 N–H and O–H groups in total. The molecule has 2 aromatic carbocycles. The smallest absolute Gasteiger partial charge is 0.410 e. The molecule has 200 valence electrons. The molecule has 1 saturated heterocycles. The van der Waals surface area contributed by atoms with Gasteiger partial charge in [0.15, 0.2) is 5.11 Å². The summed E-state index contributed by atoms with van der Waals surface area (Å²) >= 11 is 7.13. The Morgan fingerprint density at radius 1 is 1.16 bits per heavy atom. The fourth-order valence-electron chi connectivity index (χ4n) is 4.39. The second kappa shape index (κ2) is 11.7. The van der Waals surface area contributed by atoms with Crippen LogP contribution in [0.1, 0.15) is 20.8 Å². The molecular weight excluding hydrogens is 537 g/mol. The molecule has 38 heavy (non-hydrogen) atoms. The summed E-state index contributed by atoms with van der Waals surface area (Å²) in [5, 5.41) is 16.6. The minimum absolute atomic E-state index is 0.111. The number of aliphatic hydroxyl groups excluding tert-OH is 1. The predicted molar refractivity (Wildman–Crippen MR) is 155 cm³/mol. The van der Waals surface area contributed by atoms with Crippen molar-refractivity contribution in [2.24, 2.45) is 5.92 Å². The number of rotatable bonds is 7. The van der Waals surface area contributed by atoms with E-state index in [0.717, 1.165) is 15.1 Å². The van der Waals surface area contributed by atoms with Crippen LogP contribution >= 0.6 is 23.6 Å². The van der Waals surface area contributed by atoms with Crippen molar-refractivity contribution in [2.45, 2.75) is 31.8 Å². The fraction of sp³-hybridized carbons (Fsp3) is 0.333. The van der Waals surface area contributed by atoms with E-state index in [1.165, 1.54) is 0 Å². The van der Waals surface area contributed by atoms with Gasteiger partial charge in [0.25, 0.3) is 5.91 Å². The molecule has 2 heterocycles. The molecule has 2 amide bonds. The SMILES string of the molecule is C[Si](C)(C)c1ncc(C2(NC(=S)NC(=O)c3ccccc3)CN(C(=O)OCc3ccccc3)CC2CO)s1. The Morgan fingerprint density at radius 2 is 1.82 bits per heavy atom. The van der Waals surface area contributed by atoms with Crippen molar-refractivity contribution in [3.05, 3.63) is 82.9 Å². The van der Waals surface area contributed by atoms with Gasteiger partial charge in [0.1, 0.15) is 14.7 Å². The number of ether oxygens (including phenoxy) is 1. The van der Waals surface area contributed by atoms with Crippen molar-refractivity contribution in [3.8, 4) is 0 Å². The van der Waals surface area contributed by atoms with Gasteiger partial charge in [0.2, 0.25) is 0 Å². The lowest BCUT2D eigenvalue weighted by Crippen LogP contribution is -2.56. The predicted octanol–water partition coefficient (Wildman–Crippen LogP) is 3.45. The van der Waals surface area contributed by atoms with Crippen LogP contribution in [0.15, 0.2) is 66.9 Å². The summed E-state index contributed by atoms with van der Waals surface area (Å²) < 4.78 is 6.64. The number of hydrogen-bond acceptors (Lipinski definition) is 7. The van der Waals surface area contributed by atoms with Gasteiger partial charge in [-0.15, -0.1) is 11.3 Å². The van der Waals surface area contributed by atoms with Crippen LogP contribution in [0, 0.1) is 5.92 Å². The summed E-state index contributed by atoms with van der Waals surface area (Å²) in [6.45, 7) is 7.04. The summed E-state index contributed by atoms with van der Waals surface area (Å²) in [4.78, 5) is 33.0. The van der Waals surface area contributed by atoms with Crippen molar-refractivity contribution in [3.63, 3.8) is 0 Å². The number of amides is 2. The first-order valence-corrected chi connectivity index (χ1v) is 17.1. The van der Waals surface area contributed by atoms with E-state index in [-0.39, 0.29) is 37.3 Å². The van der Waals surface area contributed by atoms with Gasteiger partial charge in [0.05, 0.1) is 28.2 Å². The fourth-order valence-corrected chi connectivity index (χ4v) is 7.55. The minimum atomic E-state index is -1.72. The van der Waals surface area contributed by atoms with Gasteiger partial charge in [-0.05, 0) is 29.9 Å². The Bertz CT molecular complexity index is 1280. The largest absolute Gasteiger partial charge is 0.445 e. The molecule has 2 atom stereocenters. The molecule has 0 bridgehead atoms. The van der Waals surface area contributed by atoms with E-state index in [1.54, 1.807) is 46.7 Å². The van der Waals surface area contributed by atoms with Crippen LogP contribution in [0.25, 0.3) is 0 Å². The number of thiocarbonyl (C=S) groups is 1. The number of aromatic nitrogens is 1. The molecule has 0 spiro atoms. The van der Waals surface area contributed by atoms with E-state index >= 15 is 0 Å². The second-order valence-electron chi connectivity index (χ2n) is 10.3. The maximum Gasteiger partial charge on any atom is 0.410 e. The molecule has 1 aliphatic heterocycles. The van der Waals surface area contributed by atoms with Crippen LogP contribution in [-0.2, 0) is 16.9 Å². The Balaban J connectivity index is 1.59. The van der Waals surface area contributed by atoms with Gasteiger partial charge in [-0.2, -0.15) is 0 Å². The Morgan fingerprint density at radius 3 is 2.42 bits per heavy atom. The van der Waals surface area contributed by atoms with Crippen molar-refractivity contribution >= 4 is 53.4 Å². The molecular formula is C27H32N4O4S2Si. The molecule has 11 heteroatoms. The number of likely N-dealkylation sites (tertiary alicyclic amines) is 1. The number of carbonyl (C=O) groups excluding carboxylic acids is 2. The lowest BCUT2D eigenvalue weighted by Gasteiger charge is -2.34. The lowest BCUT2D eigenvalue weighted by molar-refractivity contribution is 0.0971. The van der Waals surface area contributed by atoms with Gasteiger partial charge in [-0.1, -0.05) is 68.2 Å². The highest BCUT2D eigenvalue weighted by Crippen LogP contribution is 2.39. The first-order valence-electron chi connectivity index (χ1n) is 12.3. The van der Waals surface area contributed by atoms with Crippen LogP contribution < -0.4 is 15.3 Å². The zero-order valence-electron chi connectivity index (χ0n) is 21.6. The third-order valence-electron chi connectivity index (χ3n) is 6.45. The maximum atomic E-state index is 13.1. The first-order chi connectivity index (χ1) is 18.1. The number of benzene rings is 2. The average Bonchev–Trinajstić information content (AvgIpc) is 3.55. The van der Waals surface area contributed by atoms with Crippen LogP contribution in [0.2, 0.25) is 19.6 Å². The standard InChI is InChI=1S/C27H32N4O4S2Si/c1-38(2,3)25-28-14-22(37-25)27(30-24(36)29-23(33)20-12-8-5-9-13-20)18-31(15-21(27)16-32)26(34)35-17-19-10-6-4-7-11-19/h4-14,21,32H,15-18H2,1-3H3,(H2,29,30,33,36). The maximum absolute atomic E-state index is 13.1. The van der Waals surface area contributed by atoms with Crippen LogP contribution in [0.4, 0.5) is 4.79 Å². The van der Waals surface area contributed by atoms with Gasteiger partial charge in [0, 0.05) is 24.2 Å². The van der Waals surface area contributed by atoms with Crippen LogP contribution in [0.5, 0.6) is 0 Å². The Labute approximate surface area is 233 Å². The van der Waals surface area contributed by atoms with E-state index in [2.05, 4.69) is 30.3 Å². The molecule has 4 rings (SSSR count). The topological polar surface area (TPSA) is 104 Å². The molecule has 0 aliphatic carbocycles. The van der Waals surface area contributed by atoms with Gasteiger partial charge in [-0.3, -0.25) is 15.1 Å². The van der Waals surface area contributed by atoms with E-state index in [1.807, 2.05) is 36.4 Å². The summed E-state index contributed by atoms with van der Waals surface area (Å²) in [6.07, 6.45) is 1.32.